The molecule has 0 aliphatic heterocycles. The SMILES string of the molecule is CNC(=O)C(C)N(Cc1ccccc1Cl)C(=O)COc1ccccc1F. The van der Waals surface area contributed by atoms with Crippen LogP contribution < -0.4 is 10.1 Å². The van der Waals surface area contributed by atoms with Gasteiger partial charge in [-0.15, -0.1) is 0 Å². The van der Waals surface area contributed by atoms with Crippen molar-refractivity contribution in [2.24, 2.45) is 0 Å². The van der Waals surface area contributed by atoms with E-state index in [0.29, 0.717) is 10.6 Å². The van der Waals surface area contributed by atoms with Crippen LogP contribution in [0.25, 0.3) is 0 Å². The highest BCUT2D eigenvalue weighted by molar-refractivity contribution is 6.31. The molecule has 0 bridgehead atoms. The summed E-state index contributed by atoms with van der Waals surface area (Å²) in [4.78, 5) is 26.0. The van der Waals surface area contributed by atoms with Gasteiger partial charge in [0.05, 0.1) is 0 Å². The van der Waals surface area contributed by atoms with Crippen molar-refractivity contribution in [2.45, 2.75) is 19.5 Å². The van der Waals surface area contributed by atoms with Crippen LogP contribution in [0.2, 0.25) is 5.02 Å². The van der Waals surface area contributed by atoms with E-state index in [4.69, 9.17) is 16.3 Å². The highest BCUT2D eigenvalue weighted by Gasteiger charge is 2.26. The van der Waals surface area contributed by atoms with Crippen LogP contribution in [0.1, 0.15) is 12.5 Å². The summed E-state index contributed by atoms with van der Waals surface area (Å²) < 4.78 is 18.9. The van der Waals surface area contributed by atoms with Gasteiger partial charge in [0.2, 0.25) is 5.91 Å². The number of amides is 2. The average Bonchev–Trinajstić information content (AvgIpc) is 2.65. The Labute approximate surface area is 156 Å². The molecule has 26 heavy (non-hydrogen) atoms. The number of ether oxygens (including phenoxy) is 1. The molecule has 0 aliphatic rings. The molecule has 0 saturated heterocycles. The maximum Gasteiger partial charge on any atom is 0.261 e. The molecular formula is C19H20ClFN2O3. The largest absolute Gasteiger partial charge is 0.481 e. The Morgan fingerprint density at radius 2 is 1.85 bits per heavy atom. The zero-order chi connectivity index (χ0) is 19.1. The minimum Gasteiger partial charge on any atom is -0.481 e. The minimum atomic E-state index is -0.743. The van der Waals surface area contributed by atoms with E-state index >= 15 is 0 Å². The molecule has 138 valence electrons. The zero-order valence-electron chi connectivity index (χ0n) is 14.5. The van der Waals surface area contributed by atoms with Gasteiger partial charge in [-0.05, 0) is 30.7 Å². The van der Waals surface area contributed by atoms with Gasteiger partial charge in [-0.3, -0.25) is 9.59 Å². The van der Waals surface area contributed by atoms with Gasteiger partial charge < -0.3 is 15.0 Å². The molecule has 2 aromatic carbocycles. The average molecular weight is 379 g/mol. The zero-order valence-corrected chi connectivity index (χ0v) is 15.3. The second kappa shape index (κ2) is 9.20. The number of hydrogen-bond donors (Lipinski definition) is 1. The van der Waals surface area contributed by atoms with Crippen molar-refractivity contribution in [3.63, 3.8) is 0 Å². The fourth-order valence-electron chi connectivity index (χ4n) is 2.39. The molecule has 2 rings (SSSR count). The summed E-state index contributed by atoms with van der Waals surface area (Å²) >= 11 is 6.17. The molecule has 0 aromatic heterocycles. The number of benzene rings is 2. The summed E-state index contributed by atoms with van der Waals surface area (Å²) in [6.45, 7) is 1.34. The van der Waals surface area contributed by atoms with Crippen LogP contribution in [0.3, 0.4) is 0 Å². The molecule has 7 heteroatoms. The normalized spacial score (nSPS) is 11.5. The van der Waals surface area contributed by atoms with Crippen molar-refractivity contribution in [1.29, 1.82) is 0 Å². The lowest BCUT2D eigenvalue weighted by Crippen LogP contribution is -2.48. The van der Waals surface area contributed by atoms with Crippen molar-refractivity contribution in [2.75, 3.05) is 13.7 Å². The Kier molecular flexibility index (Phi) is 6.97. The predicted octanol–water partition coefficient (Wildman–Crippen LogP) is 3.02. The first-order valence-electron chi connectivity index (χ1n) is 8.05. The molecule has 0 radical (unpaired) electrons. The van der Waals surface area contributed by atoms with Crippen molar-refractivity contribution in [3.8, 4) is 5.75 Å². The fraction of sp³-hybridized carbons (Fsp3) is 0.263. The smallest absolute Gasteiger partial charge is 0.261 e. The second-order valence-corrected chi connectivity index (χ2v) is 6.03. The van der Waals surface area contributed by atoms with E-state index in [2.05, 4.69) is 5.32 Å². The molecule has 1 unspecified atom stereocenters. The summed E-state index contributed by atoms with van der Waals surface area (Å²) in [5.41, 5.74) is 0.698. The molecule has 1 N–H and O–H groups in total. The Balaban J connectivity index is 2.17. The highest BCUT2D eigenvalue weighted by Crippen LogP contribution is 2.20. The lowest BCUT2D eigenvalue weighted by Gasteiger charge is -2.28. The summed E-state index contributed by atoms with van der Waals surface area (Å²) in [5, 5.41) is 3.01. The predicted molar refractivity (Wildman–Crippen MR) is 97.4 cm³/mol. The molecule has 0 fully saturated rings. The molecular weight excluding hydrogens is 359 g/mol. The van der Waals surface area contributed by atoms with E-state index in [1.54, 1.807) is 37.3 Å². The first-order valence-corrected chi connectivity index (χ1v) is 8.43. The lowest BCUT2D eigenvalue weighted by atomic mass is 10.1. The summed E-state index contributed by atoms with van der Waals surface area (Å²) in [7, 11) is 1.49. The van der Waals surface area contributed by atoms with Crippen LogP contribution in [0, 0.1) is 5.82 Å². The van der Waals surface area contributed by atoms with Crippen LogP contribution in [0.15, 0.2) is 48.5 Å². The topological polar surface area (TPSA) is 58.6 Å². The number of carbonyl (C=O) groups is 2. The van der Waals surface area contributed by atoms with Gasteiger partial charge in [-0.25, -0.2) is 4.39 Å². The van der Waals surface area contributed by atoms with E-state index in [1.807, 2.05) is 0 Å². The quantitative estimate of drug-likeness (QED) is 0.805. The van der Waals surface area contributed by atoms with Gasteiger partial charge >= 0.3 is 0 Å². The monoisotopic (exact) mass is 378 g/mol. The first-order chi connectivity index (χ1) is 12.4. The van der Waals surface area contributed by atoms with E-state index < -0.39 is 24.4 Å². The molecule has 2 aromatic rings. The molecule has 1 atom stereocenters. The van der Waals surface area contributed by atoms with Gasteiger partial charge in [-0.1, -0.05) is 41.9 Å². The Morgan fingerprint density at radius 1 is 1.19 bits per heavy atom. The first kappa shape index (κ1) is 19.7. The van der Waals surface area contributed by atoms with Gasteiger partial charge in [0, 0.05) is 18.6 Å². The van der Waals surface area contributed by atoms with Crippen LogP contribution >= 0.6 is 11.6 Å². The fourth-order valence-corrected chi connectivity index (χ4v) is 2.58. The molecule has 0 aliphatic carbocycles. The van der Waals surface area contributed by atoms with Gasteiger partial charge in [-0.2, -0.15) is 0 Å². The minimum absolute atomic E-state index is 0.0221. The Bertz CT molecular complexity index is 785. The van der Waals surface area contributed by atoms with E-state index in [-0.39, 0.29) is 18.2 Å². The third kappa shape index (κ3) is 4.95. The maximum atomic E-state index is 13.7. The van der Waals surface area contributed by atoms with E-state index in [0.717, 1.165) is 0 Å². The van der Waals surface area contributed by atoms with Crippen LogP contribution in [-0.2, 0) is 16.1 Å². The third-order valence-electron chi connectivity index (χ3n) is 3.90. The van der Waals surface area contributed by atoms with E-state index in [9.17, 15) is 14.0 Å². The van der Waals surface area contributed by atoms with Gasteiger partial charge in [0.15, 0.2) is 18.2 Å². The molecule has 0 spiro atoms. The number of rotatable bonds is 7. The Morgan fingerprint density at radius 3 is 2.50 bits per heavy atom. The molecule has 0 heterocycles. The van der Waals surface area contributed by atoms with Crippen molar-refractivity contribution >= 4 is 23.4 Å². The Hall–Kier alpha value is -2.60. The second-order valence-electron chi connectivity index (χ2n) is 5.62. The van der Waals surface area contributed by atoms with Crippen LogP contribution in [-0.4, -0.2) is 36.4 Å². The van der Waals surface area contributed by atoms with Gasteiger partial charge in [0.1, 0.15) is 6.04 Å². The van der Waals surface area contributed by atoms with Crippen LogP contribution in [0.4, 0.5) is 4.39 Å². The van der Waals surface area contributed by atoms with Crippen molar-refractivity contribution in [1.82, 2.24) is 10.2 Å². The number of carbonyl (C=O) groups excluding carboxylic acids is 2. The van der Waals surface area contributed by atoms with Crippen molar-refractivity contribution in [3.05, 3.63) is 64.9 Å². The maximum absolute atomic E-state index is 13.7. The number of halogens is 2. The summed E-state index contributed by atoms with van der Waals surface area (Å²) in [5.74, 6) is -1.36. The number of hydrogen-bond acceptors (Lipinski definition) is 3. The molecule has 5 nitrogen and oxygen atoms in total. The standard InChI is InChI=1S/C19H20ClFN2O3/c1-13(19(25)22-2)23(11-14-7-3-4-8-15(14)20)18(24)12-26-17-10-6-5-9-16(17)21/h3-10,13H,11-12H2,1-2H3,(H,22,25). The summed E-state index contributed by atoms with van der Waals surface area (Å²) in [6, 6.07) is 12.1. The van der Waals surface area contributed by atoms with Crippen LogP contribution in [0.5, 0.6) is 5.75 Å². The number of nitrogens with zero attached hydrogens (tertiary/aromatic N) is 1. The lowest BCUT2D eigenvalue weighted by molar-refractivity contribution is -0.142. The summed E-state index contributed by atoms with van der Waals surface area (Å²) in [6.07, 6.45) is 0. The number of nitrogens with one attached hydrogen (secondary N) is 1. The molecule has 0 saturated carbocycles. The van der Waals surface area contributed by atoms with Gasteiger partial charge in [0.25, 0.3) is 5.91 Å². The number of likely N-dealkylation sites (N-methyl/N-ethyl adjacent to an activating group) is 1. The number of para-hydroxylation sites is 1. The third-order valence-corrected chi connectivity index (χ3v) is 4.27. The van der Waals surface area contributed by atoms with Crippen molar-refractivity contribution < 1.29 is 18.7 Å². The highest BCUT2D eigenvalue weighted by atomic mass is 35.5. The van der Waals surface area contributed by atoms with E-state index in [1.165, 1.54) is 30.1 Å². The molecule has 2 amide bonds.